The molecule has 0 spiro atoms. The smallest absolute Gasteiger partial charge is 0.337 e. The molecule has 0 amide bonds. The van der Waals surface area contributed by atoms with Crippen molar-refractivity contribution in [2.45, 2.75) is 4.90 Å². The van der Waals surface area contributed by atoms with E-state index in [4.69, 9.17) is 28.3 Å². The van der Waals surface area contributed by atoms with Crippen molar-refractivity contribution in [3.05, 3.63) is 40.1 Å². The number of nitrogens with one attached hydrogen (secondary N) is 1. The summed E-state index contributed by atoms with van der Waals surface area (Å²) in [6.45, 7) is 0. The lowest BCUT2D eigenvalue weighted by Crippen LogP contribution is -2.17. The maximum atomic E-state index is 12.2. The van der Waals surface area contributed by atoms with Crippen molar-refractivity contribution in [2.75, 3.05) is 4.72 Å². The molecule has 0 saturated carbocycles. The van der Waals surface area contributed by atoms with E-state index >= 15 is 0 Å². The van der Waals surface area contributed by atoms with Crippen LogP contribution in [0.25, 0.3) is 0 Å². The Hall–Kier alpha value is -1.97. The van der Waals surface area contributed by atoms with Gasteiger partial charge in [0, 0.05) is 5.02 Å². The number of aromatic nitrogens is 3. The van der Waals surface area contributed by atoms with Crippen molar-refractivity contribution < 1.29 is 18.3 Å². The molecule has 8 nitrogen and oxygen atoms in total. The van der Waals surface area contributed by atoms with Crippen molar-refractivity contribution >= 4 is 45.1 Å². The molecule has 0 aliphatic rings. The third kappa shape index (κ3) is 3.38. The fraction of sp³-hybridized carbons (Fsp3) is 0. The van der Waals surface area contributed by atoms with Gasteiger partial charge in [-0.05, 0) is 12.1 Å². The molecule has 0 unspecified atom stereocenters. The van der Waals surface area contributed by atoms with E-state index in [0.29, 0.717) is 0 Å². The van der Waals surface area contributed by atoms with E-state index in [1.54, 1.807) is 0 Å². The molecule has 0 fully saturated rings. The number of rotatable bonds is 4. The van der Waals surface area contributed by atoms with E-state index in [1.165, 1.54) is 12.4 Å². The number of hydrogen-bond donors (Lipinski definition) is 2. The number of aromatic carboxylic acids is 1. The van der Waals surface area contributed by atoms with Gasteiger partial charge in [0.25, 0.3) is 16.0 Å². The van der Waals surface area contributed by atoms with Gasteiger partial charge >= 0.3 is 5.97 Å². The van der Waals surface area contributed by atoms with Gasteiger partial charge in [0.1, 0.15) is 4.90 Å². The van der Waals surface area contributed by atoms with Gasteiger partial charge in [-0.3, -0.25) is 0 Å². The molecule has 2 rings (SSSR count). The summed E-state index contributed by atoms with van der Waals surface area (Å²) in [6.07, 6.45) is 2.49. The highest BCUT2D eigenvalue weighted by atomic mass is 35.5. The maximum Gasteiger partial charge on any atom is 0.337 e. The third-order valence-electron chi connectivity index (χ3n) is 2.23. The lowest BCUT2D eigenvalue weighted by Gasteiger charge is -2.10. The van der Waals surface area contributed by atoms with Gasteiger partial charge in [0.05, 0.1) is 23.0 Å². The predicted octanol–water partition coefficient (Wildman–Crippen LogP) is 1.68. The quantitative estimate of drug-likeness (QED) is 0.861. The van der Waals surface area contributed by atoms with Crippen LogP contribution in [0.5, 0.6) is 0 Å². The van der Waals surface area contributed by atoms with Gasteiger partial charge in [0.15, 0.2) is 0 Å². The highest BCUT2D eigenvalue weighted by Gasteiger charge is 2.24. The first-order valence-corrected chi connectivity index (χ1v) is 7.44. The van der Waals surface area contributed by atoms with Gasteiger partial charge in [-0.25, -0.2) is 22.9 Å². The molecule has 110 valence electrons. The van der Waals surface area contributed by atoms with Crippen LogP contribution in [0.15, 0.2) is 29.4 Å². The fourth-order valence-electron chi connectivity index (χ4n) is 1.38. The number of hydrogen-bond acceptors (Lipinski definition) is 6. The average Bonchev–Trinajstić information content (AvgIpc) is 2.41. The second kappa shape index (κ2) is 5.80. The normalized spacial score (nSPS) is 11.1. The van der Waals surface area contributed by atoms with E-state index in [-0.39, 0.29) is 11.0 Å². The van der Waals surface area contributed by atoms with Crippen LogP contribution < -0.4 is 4.72 Å². The number of anilines is 1. The molecule has 2 aromatic rings. The molecule has 0 saturated heterocycles. The Morgan fingerprint density at radius 3 is 2.52 bits per heavy atom. The van der Waals surface area contributed by atoms with Crippen molar-refractivity contribution in [1.29, 1.82) is 0 Å². The number of carboxylic acid groups (broad SMARTS) is 1. The summed E-state index contributed by atoms with van der Waals surface area (Å²) in [7, 11) is -4.22. The number of nitrogens with zero attached hydrogens (tertiary/aromatic N) is 3. The Labute approximate surface area is 128 Å². The zero-order valence-electron chi connectivity index (χ0n) is 9.99. The first-order chi connectivity index (χ1) is 9.81. The third-order valence-corrected chi connectivity index (χ3v) is 4.32. The highest BCUT2D eigenvalue weighted by molar-refractivity contribution is 7.92. The van der Waals surface area contributed by atoms with Crippen LogP contribution in [0.1, 0.15) is 10.4 Å². The van der Waals surface area contributed by atoms with Crippen LogP contribution in [0.4, 0.5) is 5.95 Å². The molecule has 0 aliphatic carbocycles. The largest absolute Gasteiger partial charge is 0.478 e. The molecule has 0 aliphatic heterocycles. The number of sulfonamides is 1. The molecule has 1 heterocycles. The summed E-state index contributed by atoms with van der Waals surface area (Å²) in [4.78, 5) is 14.2. The first kappa shape index (κ1) is 15.4. The van der Waals surface area contributed by atoms with E-state index < -0.39 is 31.5 Å². The molecule has 1 aromatic carbocycles. The topological polar surface area (TPSA) is 122 Å². The van der Waals surface area contributed by atoms with Gasteiger partial charge in [0.2, 0.25) is 0 Å². The van der Waals surface area contributed by atoms with Crippen LogP contribution in [0.3, 0.4) is 0 Å². The van der Waals surface area contributed by atoms with Crippen LogP contribution in [-0.2, 0) is 10.0 Å². The molecule has 2 N–H and O–H groups in total. The summed E-state index contributed by atoms with van der Waals surface area (Å²) in [5, 5.41) is 15.3. The van der Waals surface area contributed by atoms with Crippen molar-refractivity contribution in [2.24, 2.45) is 0 Å². The van der Waals surface area contributed by atoms with Gasteiger partial charge < -0.3 is 5.11 Å². The summed E-state index contributed by atoms with van der Waals surface area (Å²) in [6, 6.07) is 2.07. The minimum atomic E-state index is -4.22. The van der Waals surface area contributed by atoms with E-state index in [1.807, 2.05) is 4.72 Å². The molecule has 0 atom stereocenters. The Morgan fingerprint density at radius 1 is 1.24 bits per heavy atom. The Balaban J connectivity index is 2.53. The Morgan fingerprint density at radius 2 is 1.95 bits per heavy atom. The predicted molar refractivity (Wildman–Crippen MR) is 74.1 cm³/mol. The van der Waals surface area contributed by atoms with Crippen LogP contribution in [-0.4, -0.2) is 34.7 Å². The molecule has 21 heavy (non-hydrogen) atoms. The number of carboxylic acids is 1. The minimum absolute atomic E-state index is 0.0933. The Bertz CT molecular complexity index is 798. The summed E-state index contributed by atoms with van der Waals surface area (Å²) in [5.41, 5.74) is -0.434. The second-order valence-corrected chi connectivity index (χ2v) is 6.11. The molecule has 0 radical (unpaired) electrons. The average molecular weight is 349 g/mol. The summed E-state index contributed by atoms with van der Waals surface area (Å²) < 4.78 is 26.4. The lowest BCUT2D eigenvalue weighted by atomic mass is 10.2. The fourth-order valence-corrected chi connectivity index (χ4v) is 3.23. The molecular weight excluding hydrogens is 343 g/mol. The first-order valence-electron chi connectivity index (χ1n) is 5.20. The Kier molecular flexibility index (Phi) is 4.26. The molecule has 1 aromatic heterocycles. The number of benzene rings is 1. The van der Waals surface area contributed by atoms with E-state index in [2.05, 4.69) is 15.2 Å². The standard InChI is InChI=1S/C10H6Cl2N4O4S/c11-5-3-6(9(17)18)8(12)7(4-5)21(19,20)16-10-13-1-2-14-15-10/h1-4H,(H,17,18)(H,13,15,16). The van der Waals surface area contributed by atoms with Gasteiger partial charge in [-0.2, -0.15) is 5.10 Å². The van der Waals surface area contributed by atoms with E-state index in [9.17, 15) is 13.2 Å². The maximum absolute atomic E-state index is 12.2. The zero-order valence-corrected chi connectivity index (χ0v) is 12.3. The van der Waals surface area contributed by atoms with Gasteiger partial charge in [-0.15, -0.1) is 5.10 Å². The van der Waals surface area contributed by atoms with Crippen molar-refractivity contribution in [1.82, 2.24) is 15.2 Å². The van der Waals surface area contributed by atoms with E-state index in [0.717, 1.165) is 12.1 Å². The van der Waals surface area contributed by atoms with Crippen LogP contribution in [0, 0.1) is 0 Å². The molecular formula is C10H6Cl2N4O4S. The van der Waals surface area contributed by atoms with Crippen molar-refractivity contribution in [3.8, 4) is 0 Å². The second-order valence-electron chi connectivity index (χ2n) is 3.64. The van der Waals surface area contributed by atoms with Crippen LogP contribution >= 0.6 is 23.2 Å². The lowest BCUT2D eigenvalue weighted by molar-refractivity contribution is 0.0697. The number of carbonyl (C=O) groups is 1. The minimum Gasteiger partial charge on any atom is -0.478 e. The summed E-state index contributed by atoms with van der Waals surface area (Å²) in [5.74, 6) is -1.69. The molecule has 0 bridgehead atoms. The highest BCUT2D eigenvalue weighted by Crippen LogP contribution is 2.30. The SMILES string of the molecule is O=C(O)c1cc(Cl)cc(S(=O)(=O)Nc2nccnn2)c1Cl. The molecule has 11 heteroatoms. The van der Waals surface area contributed by atoms with Gasteiger partial charge in [-0.1, -0.05) is 23.2 Å². The summed E-state index contributed by atoms with van der Waals surface area (Å²) >= 11 is 11.5. The number of halogens is 2. The zero-order chi connectivity index (χ0) is 15.6. The van der Waals surface area contributed by atoms with Crippen LogP contribution in [0.2, 0.25) is 10.0 Å². The monoisotopic (exact) mass is 348 g/mol. The van der Waals surface area contributed by atoms with Crippen molar-refractivity contribution in [3.63, 3.8) is 0 Å².